The first-order valence-electron chi connectivity index (χ1n) is 8.40. The number of nitrogens with one attached hydrogen (secondary N) is 2. The van der Waals surface area contributed by atoms with E-state index in [-0.39, 0.29) is 29.3 Å². The average molecular weight is 398 g/mol. The van der Waals surface area contributed by atoms with Gasteiger partial charge in [-0.1, -0.05) is 24.3 Å². The van der Waals surface area contributed by atoms with Crippen molar-refractivity contribution in [2.75, 3.05) is 25.5 Å². The molecule has 0 spiro atoms. The van der Waals surface area contributed by atoms with Crippen LogP contribution in [-0.4, -0.2) is 44.8 Å². The molecule has 6 nitrogen and oxygen atoms in total. The zero-order valence-corrected chi connectivity index (χ0v) is 16.5. The maximum absolute atomic E-state index is 13.2. The Morgan fingerprint density at radius 2 is 1.85 bits per heavy atom. The number of amides is 1. The van der Waals surface area contributed by atoms with Gasteiger partial charge in [0.05, 0.1) is 4.90 Å². The lowest BCUT2D eigenvalue weighted by Gasteiger charge is -2.32. The zero-order chi connectivity index (χ0) is 18.0. The molecule has 0 aromatic heterocycles. The second-order valence-corrected chi connectivity index (χ2v) is 8.24. The van der Waals surface area contributed by atoms with Crippen LogP contribution in [-0.2, 0) is 14.8 Å². The number of hydrogen-bond acceptors (Lipinski definition) is 4. The van der Waals surface area contributed by atoms with Crippen LogP contribution >= 0.6 is 12.4 Å². The van der Waals surface area contributed by atoms with Crippen LogP contribution < -0.4 is 10.6 Å². The van der Waals surface area contributed by atoms with Gasteiger partial charge >= 0.3 is 0 Å². The van der Waals surface area contributed by atoms with E-state index < -0.39 is 10.0 Å². The molecule has 2 aromatic carbocycles. The number of fused-ring (bicyclic) bond motifs is 1. The summed E-state index contributed by atoms with van der Waals surface area (Å²) in [5.41, 5.74) is 0.619. The normalized spacial score (nSPS) is 18.3. The van der Waals surface area contributed by atoms with Crippen molar-refractivity contribution >= 4 is 44.8 Å². The average Bonchev–Trinajstić information content (AvgIpc) is 2.61. The number of sulfonamides is 1. The number of carbonyl (C=O) groups is 1. The minimum atomic E-state index is -3.60. The smallest absolute Gasteiger partial charge is 0.243 e. The Balaban J connectivity index is 0.00000243. The predicted octanol–water partition coefficient (Wildman–Crippen LogP) is 2.59. The first-order valence-corrected chi connectivity index (χ1v) is 9.84. The van der Waals surface area contributed by atoms with Crippen LogP contribution in [0.3, 0.4) is 0 Å². The molecular weight excluding hydrogens is 374 g/mol. The number of halogens is 1. The molecule has 1 aliphatic rings. The minimum absolute atomic E-state index is 0. The fourth-order valence-electron chi connectivity index (χ4n) is 3.33. The molecule has 142 valence electrons. The highest BCUT2D eigenvalue weighted by Crippen LogP contribution is 2.32. The van der Waals surface area contributed by atoms with E-state index in [0.717, 1.165) is 18.2 Å². The maximum atomic E-state index is 13.2. The van der Waals surface area contributed by atoms with Crippen molar-refractivity contribution in [2.24, 2.45) is 0 Å². The van der Waals surface area contributed by atoms with Crippen molar-refractivity contribution in [1.82, 2.24) is 9.62 Å². The van der Waals surface area contributed by atoms with Crippen LogP contribution in [0.25, 0.3) is 10.8 Å². The number of rotatable bonds is 4. The summed E-state index contributed by atoms with van der Waals surface area (Å²) in [6.45, 7) is 2.44. The topological polar surface area (TPSA) is 78.5 Å². The summed E-state index contributed by atoms with van der Waals surface area (Å²) in [7, 11) is -1.74. The molecule has 0 aliphatic carbocycles. The lowest BCUT2D eigenvalue weighted by Crippen LogP contribution is -2.46. The first kappa shape index (κ1) is 20.6. The Morgan fingerprint density at radius 3 is 2.50 bits per heavy atom. The Labute approximate surface area is 160 Å². The van der Waals surface area contributed by atoms with Crippen LogP contribution in [0.15, 0.2) is 41.3 Å². The molecule has 1 unspecified atom stereocenters. The maximum Gasteiger partial charge on any atom is 0.243 e. The Hall–Kier alpha value is -1.67. The van der Waals surface area contributed by atoms with Crippen molar-refractivity contribution in [3.05, 3.63) is 36.4 Å². The van der Waals surface area contributed by atoms with Gasteiger partial charge in [-0.2, -0.15) is 4.31 Å². The van der Waals surface area contributed by atoms with E-state index >= 15 is 0 Å². The van der Waals surface area contributed by atoms with E-state index in [1.807, 2.05) is 25.2 Å². The third-order valence-corrected chi connectivity index (χ3v) is 6.53. The van der Waals surface area contributed by atoms with Crippen molar-refractivity contribution in [3.63, 3.8) is 0 Å². The lowest BCUT2D eigenvalue weighted by atomic mass is 10.1. The van der Waals surface area contributed by atoms with Crippen LogP contribution in [0.5, 0.6) is 0 Å². The van der Waals surface area contributed by atoms with Crippen LogP contribution in [0, 0.1) is 0 Å². The van der Waals surface area contributed by atoms with Crippen LogP contribution in [0.2, 0.25) is 0 Å². The van der Waals surface area contributed by atoms with Gasteiger partial charge in [-0.05, 0) is 32.0 Å². The minimum Gasteiger partial charge on any atom is -0.326 e. The third kappa shape index (κ3) is 4.01. The third-order valence-electron chi connectivity index (χ3n) is 4.60. The van der Waals surface area contributed by atoms with Crippen molar-refractivity contribution < 1.29 is 13.2 Å². The van der Waals surface area contributed by atoms with Crippen molar-refractivity contribution in [3.8, 4) is 0 Å². The monoisotopic (exact) mass is 397 g/mol. The lowest BCUT2D eigenvalue weighted by molar-refractivity contribution is -0.114. The highest BCUT2D eigenvalue weighted by Gasteiger charge is 2.31. The molecule has 2 aromatic rings. The Morgan fingerprint density at radius 1 is 1.15 bits per heavy atom. The van der Waals surface area contributed by atoms with Crippen molar-refractivity contribution in [1.29, 1.82) is 0 Å². The van der Waals surface area contributed by atoms with E-state index in [9.17, 15) is 13.2 Å². The standard InChI is InChI=1S/C18H23N3O3S.ClH/c1-13(22)20-17-9-10-18(16-8-4-3-7-15(16)17)25(23,24)21-11-5-6-14(12-21)19-2;/h3-4,7-10,14,19H,5-6,11-12H2,1-2H3,(H,20,22);1H. The van der Waals surface area contributed by atoms with Gasteiger partial charge in [-0.3, -0.25) is 4.79 Å². The molecule has 2 N–H and O–H groups in total. The van der Waals surface area contributed by atoms with Crippen LogP contribution in [0.1, 0.15) is 19.8 Å². The van der Waals surface area contributed by atoms with Crippen LogP contribution in [0.4, 0.5) is 5.69 Å². The molecule has 1 fully saturated rings. The molecule has 1 heterocycles. The summed E-state index contributed by atoms with van der Waals surface area (Å²) < 4.78 is 28.0. The van der Waals surface area contributed by atoms with Gasteiger partial charge in [0, 0.05) is 42.5 Å². The number of piperidine rings is 1. The fraction of sp³-hybridized carbons (Fsp3) is 0.389. The molecule has 8 heteroatoms. The molecule has 3 rings (SSSR count). The number of anilines is 1. The summed E-state index contributed by atoms with van der Waals surface area (Å²) >= 11 is 0. The van der Waals surface area contributed by atoms with E-state index in [1.165, 1.54) is 6.92 Å². The zero-order valence-electron chi connectivity index (χ0n) is 14.9. The second-order valence-electron chi connectivity index (χ2n) is 6.33. The number of carbonyl (C=O) groups excluding carboxylic acids is 1. The van der Waals surface area contributed by atoms with Gasteiger partial charge in [0.1, 0.15) is 0 Å². The molecule has 1 saturated heterocycles. The van der Waals surface area contributed by atoms with Gasteiger partial charge in [0.25, 0.3) is 0 Å². The molecule has 1 aliphatic heterocycles. The number of nitrogens with zero attached hydrogens (tertiary/aromatic N) is 1. The predicted molar refractivity (Wildman–Crippen MR) is 106 cm³/mol. The Bertz CT molecular complexity index is 902. The van der Waals surface area contributed by atoms with E-state index in [2.05, 4.69) is 10.6 Å². The second kappa shape index (κ2) is 8.35. The molecule has 0 bridgehead atoms. The van der Waals surface area contributed by atoms with Gasteiger partial charge in [0.15, 0.2) is 0 Å². The fourth-order valence-corrected chi connectivity index (χ4v) is 5.05. The quantitative estimate of drug-likeness (QED) is 0.831. The van der Waals surface area contributed by atoms with Gasteiger partial charge in [-0.25, -0.2) is 8.42 Å². The molecule has 1 atom stereocenters. The molecule has 26 heavy (non-hydrogen) atoms. The summed E-state index contributed by atoms with van der Waals surface area (Å²) in [5.74, 6) is -0.186. The SMILES string of the molecule is CNC1CCCN(S(=O)(=O)c2ccc(NC(C)=O)c3ccccc23)C1.Cl. The number of benzene rings is 2. The van der Waals surface area contributed by atoms with Gasteiger partial charge in [-0.15, -0.1) is 12.4 Å². The van der Waals surface area contributed by atoms with Gasteiger partial charge in [0.2, 0.25) is 15.9 Å². The summed E-state index contributed by atoms with van der Waals surface area (Å²) in [4.78, 5) is 11.7. The molecule has 1 amide bonds. The first-order chi connectivity index (χ1) is 11.9. The van der Waals surface area contributed by atoms with E-state index in [1.54, 1.807) is 22.5 Å². The van der Waals surface area contributed by atoms with E-state index in [4.69, 9.17) is 0 Å². The van der Waals surface area contributed by atoms with Gasteiger partial charge < -0.3 is 10.6 Å². The highest BCUT2D eigenvalue weighted by molar-refractivity contribution is 7.89. The number of hydrogen-bond donors (Lipinski definition) is 2. The molecular formula is C18H24ClN3O3S. The summed E-state index contributed by atoms with van der Waals surface area (Å²) in [6.07, 6.45) is 1.82. The number of likely N-dealkylation sites (N-methyl/N-ethyl adjacent to an activating group) is 1. The summed E-state index contributed by atoms with van der Waals surface area (Å²) in [5, 5.41) is 7.28. The highest BCUT2D eigenvalue weighted by atomic mass is 35.5. The summed E-state index contributed by atoms with van der Waals surface area (Å²) in [6, 6.07) is 10.7. The largest absolute Gasteiger partial charge is 0.326 e. The molecule has 0 saturated carbocycles. The van der Waals surface area contributed by atoms with E-state index in [0.29, 0.717) is 24.2 Å². The molecule has 0 radical (unpaired) electrons. The Kier molecular flexibility index (Phi) is 6.63. The van der Waals surface area contributed by atoms with Crippen molar-refractivity contribution in [2.45, 2.75) is 30.7 Å².